The Balaban J connectivity index is 1.91. The Morgan fingerprint density at radius 2 is 2.00 bits per heavy atom. The number of nitrogens with one attached hydrogen (secondary N) is 1. The third kappa shape index (κ3) is 4.37. The maximum absolute atomic E-state index is 14.4. The molecule has 0 spiro atoms. The summed E-state index contributed by atoms with van der Waals surface area (Å²) < 4.78 is 22.0. The van der Waals surface area contributed by atoms with Gasteiger partial charge in [-0.15, -0.1) is 0 Å². The van der Waals surface area contributed by atoms with E-state index in [1.54, 1.807) is 18.7 Å². The maximum atomic E-state index is 14.4. The third-order valence-corrected chi connectivity index (χ3v) is 6.63. The summed E-state index contributed by atoms with van der Waals surface area (Å²) in [5, 5.41) is 21.2. The molecule has 4 rings (SSSR count). The van der Waals surface area contributed by atoms with Crippen molar-refractivity contribution in [2.24, 2.45) is 14.1 Å². The Hall–Kier alpha value is -3.99. The molecule has 188 valence electrons. The number of rotatable bonds is 6. The lowest BCUT2D eigenvalue weighted by Crippen LogP contribution is -2.29. The van der Waals surface area contributed by atoms with Crippen molar-refractivity contribution in [3.05, 3.63) is 85.9 Å². The highest BCUT2D eigenvalue weighted by molar-refractivity contribution is 6.31. The molecule has 2 atom stereocenters. The third-order valence-electron chi connectivity index (χ3n) is 6.28. The van der Waals surface area contributed by atoms with Gasteiger partial charge in [0, 0.05) is 42.2 Å². The van der Waals surface area contributed by atoms with Crippen molar-refractivity contribution < 1.29 is 18.8 Å². The van der Waals surface area contributed by atoms with Crippen LogP contribution in [-0.4, -0.2) is 35.5 Å². The summed E-state index contributed by atoms with van der Waals surface area (Å²) in [6, 6.07) is 4.07. The van der Waals surface area contributed by atoms with E-state index in [1.807, 2.05) is 13.8 Å². The first kappa shape index (κ1) is 25.1. The zero-order valence-electron chi connectivity index (χ0n) is 20.2. The molecule has 0 bridgehead atoms. The van der Waals surface area contributed by atoms with Crippen LogP contribution in [0.15, 0.2) is 40.0 Å². The second kappa shape index (κ2) is 9.57. The average molecular weight is 515 g/mol. The fourth-order valence-electron chi connectivity index (χ4n) is 4.45. The molecule has 3 heterocycles. The molecule has 0 aliphatic carbocycles. The van der Waals surface area contributed by atoms with Crippen LogP contribution in [0.3, 0.4) is 0 Å². The van der Waals surface area contributed by atoms with Gasteiger partial charge in [-0.2, -0.15) is 5.10 Å². The topological polar surface area (TPSA) is 128 Å². The first-order chi connectivity index (χ1) is 17.0. The number of hydrogen-bond acceptors (Lipinski definition) is 7. The van der Waals surface area contributed by atoms with Crippen LogP contribution in [0, 0.1) is 19.7 Å². The highest BCUT2D eigenvalue weighted by Crippen LogP contribution is 2.43. The second-order valence-corrected chi connectivity index (χ2v) is 8.95. The van der Waals surface area contributed by atoms with Crippen molar-refractivity contribution in [1.82, 2.24) is 24.5 Å². The van der Waals surface area contributed by atoms with Gasteiger partial charge in [-0.05, 0) is 37.6 Å². The molecule has 3 aromatic heterocycles. The number of carbonyl (C=O) groups excluding carboxylic acids is 1. The summed E-state index contributed by atoms with van der Waals surface area (Å²) in [5.74, 6) is -3.12. The van der Waals surface area contributed by atoms with E-state index in [1.165, 1.54) is 37.7 Å². The molecule has 0 fully saturated rings. The molecule has 0 saturated heterocycles. The molecule has 0 aliphatic heterocycles. The van der Waals surface area contributed by atoms with Crippen molar-refractivity contribution in [1.29, 1.82) is 0 Å². The Kier molecular flexibility index (Phi) is 6.68. The highest BCUT2D eigenvalue weighted by atomic mass is 35.5. The fraction of sp³-hybridized carbons (Fsp3) is 0.292. The van der Waals surface area contributed by atoms with Crippen LogP contribution in [0.2, 0.25) is 5.02 Å². The summed E-state index contributed by atoms with van der Waals surface area (Å²) in [4.78, 5) is 30.2. The van der Waals surface area contributed by atoms with E-state index in [0.29, 0.717) is 16.3 Å². The van der Waals surface area contributed by atoms with Gasteiger partial charge >= 0.3 is 0 Å². The van der Waals surface area contributed by atoms with Gasteiger partial charge < -0.3 is 14.9 Å². The smallest absolute Gasteiger partial charge is 0.296 e. The monoisotopic (exact) mass is 514 g/mol. The SMILES string of the molecule is Cc1nn(C)c(C)c1[C@H](c1cc(F)ccc1Cl)[C@H](C)c1nc(C(=O)Nc2cnoc2)c(O)c(=O)n1C. The number of halogens is 2. The Labute approximate surface area is 210 Å². The number of benzene rings is 1. The first-order valence-corrected chi connectivity index (χ1v) is 11.3. The molecule has 10 nitrogen and oxygen atoms in total. The molecular weight excluding hydrogens is 491 g/mol. The van der Waals surface area contributed by atoms with E-state index in [4.69, 9.17) is 16.1 Å². The zero-order chi connectivity index (χ0) is 26.3. The molecule has 1 amide bonds. The van der Waals surface area contributed by atoms with Crippen LogP contribution >= 0.6 is 11.6 Å². The van der Waals surface area contributed by atoms with Crippen molar-refractivity contribution in [2.75, 3.05) is 5.32 Å². The van der Waals surface area contributed by atoms with Gasteiger partial charge in [-0.3, -0.25) is 18.8 Å². The van der Waals surface area contributed by atoms with E-state index in [0.717, 1.165) is 15.8 Å². The number of nitrogens with zero attached hydrogens (tertiary/aromatic N) is 5. The van der Waals surface area contributed by atoms with Gasteiger partial charge in [-0.1, -0.05) is 23.7 Å². The molecule has 0 unspecified atom stereocenters. The van der Waals surface area contributed by atoms with Crippen molar-refractivity contribution >= 4 is 23.2 Å². The number of aromatic hydroxyl groups is 1. The minimum Gasteiger partial charge on any atom is -0.501 e. The number of carbonyl (C=O) groups is 1. The molecule has 4 aromatic rings. The summed E-state index contributed by atoms with van der Waals surface area (Å²) in [6.07, 6.45) is 2.45. The molecule has 0 aliphatic rings. The van der Waals surface area contributed by atoms with E-state index >= 15 is 0 Å². The molecule has 0 radical (unpaired) electrons. The minimum absolute atomic E-state index is 0.182. The van der Waals surface area contributed by atoms with Crippen LogP contribution in [0.1, 0.15) is 57.6 Å². The number of anilines is 1. The van der Waals surface area contributed by atoms with Gasteiger partial charge in [0.1, 0.15) is 23.6 Å². The predicted octanol–water partition coefficient (Wildman–Crippen LogP) is 3.80. The fourth-order valence-corrected chi connectivity index (χ4v) is 4.68. The molecule has 12 heteroatoms. The van der Waals surface area contributed by atoms with Gasteiger partial charge in [-0.25, -0.2) is 9.37 Å². The van der Waals surface area contributed by atoms with Crippen LogP contribution in [0.25, 0.3) is 0 Å². The van der Waals surface area contributed by atoms with Crippen LogP contribution < -0.4 is 10.9 Å². The summed E-state index contributed by atoms with van der Waals surface area (Å²) in [5.41, 5.74) is 1.72. The van der Waals surface area contributed by atoms with Gasteiger partial charge in [0.05, 0.1) is 11.9 Å². The van der Waals surface area contributed by atoms with Crippen molar-refractivity contribution in [3.63, 3.8) is 0 Å². The second-order valence-electron chi connectivity index (χ2n) is 8.54. The van der Waals surface area contributed by atoms with Gasteiger partial charge in [0.25, 0.3) is 11.5 Å². The number of aromatic nitrogens is 5. The van der Waals surface area contributed by atoms with E-state index in [9.17, 15) is 19.1 Å². The van der Waals surface area contributed by atoms with E-state index in [2.05, 4.69) is 20.6 Å². The number of hydrogen-bond donors (Lipinski definition) is 2. The summed E-state index contributed by atoms with van der Waals surface area (Å²) in [7, 11) is 3.23. The maximum Gasteiger partial charge on any atom is 0.296 e. The highest BCUT2D eigenvalue weighted by Gasteiger charge is 2.33. The van der Waals surface area contributed by atoms with Gasteiger partial charge in [0.15, 0.2) is 5.69 Å². The van der Waals surface area contributed by atoms with Crippen molar-refractivity contribution in [3.8, 4) is 5.75 Å². The quantitative estimate of drug-likeness (QED) is 0.400. The summed E-state index contributed by atoms with van der Waals surface area (Å²) in [6.45, 7) is 5.50. The van der Waals surface area contributed by atoms with E-state index < -0.39 is 40.6 Å². The molecule has 0 saturated carbocycles. The Morgan fingerprint density at radius 3 is 2.61 bits per heavy atom. The lowest BCUT2D eigenvalue weighted by atomic mass is 9.79. The van der Waals surface area contributed by atoms with Crippen LogP contribution in [0.5, 0.6) is 5.75 Å². The number of aryl methyl sites for hydroxylation is 2. The molecular formula is C24H24ClFN6O4. The zero-order valence-corrected chi connectivity index (χ0v) is 21.0. The molecule has 2 N–H and O–H groups in total. The van der Waals surface area contributed by atoms with Gasteiger partial charge in [0.2, 0.25) is 5.75 Å². The average Bonchev–Trinajstić information content (AvgIpc) is 3.43. The predicted molar refractivity (Wildman–Crippen MR) is 130 cm³/mol. The van der Waals surface area contributed by atoms with Crippen LogP contribution in [0.4, 0.5) is 10.1 Å². The Bertz CT molecular complexity index is 1510. The number of amides is 1. The molecule has 36 heavy (non-hydrogen) atoms. The first-order valence-electron chi connectivity index (χ1n) is 11.0. The lowest BCUT2D eigenvalue weighted by Gasteiger charge is -2.27. The van der Waals surface area contributed by atoms with Crippen molar-refractivity contribution in [2.45, 2.75) is 32.6 Å². The largest absolute Gasteiger partial charge is 0.501 e. The minimum atomic E-state index is -0.823. The standard InChI is InChI=1S/C24H24ClFN6O4/c1-11(18(16-8-14(26)6-7-17(16)25)19-12(2)30-32(5)13(19)3)22-29-20(21(33)24(35)31(22)4)23(34)28-15-9-27-36-10-15/h6-11,18,33H,1-5H3,(H,28,34)/t11-,18-/m0/s1. The Morgan fingerprint density at radius 1 is 1.28 bits per heavy atom. The van der Waals surface area contributed by atoms with E-state index in [-0.39, 0.29) is 11.5 Å². The molecule has 1 aromatic carbocycles. The summed E-state index contributed by atoms with van der Waals surface area (Å²) >= 11 is 6.54. The normalized spacial score (nSPS) is 13.0. The lowest BCUT2D eigenvalue weighted by molar-refractivity contribution is 0.101. The van der Waals surface area contributed by atoms with Crippen LogP contribution in [-0.2, 0) is 14.1 Å².